The lowest BCUT2D eigenvalue weighted by atomic mass is 9.87. The summed E-state index contributed by atoms with van der Waals surface area (Å²) < 4.78 is 30.5. The Bertz CT molecular complexity index is 1100. The molecule has 0 aliphatic carbocycles. The van der Waals surface area contributed by atoms with Crippen molar-refractivity contribution < 1.29 is 18.0 Å². The minimum atomic E-state index is -2.81. The number of amides is 2. The summed E-state index contributed by atoms with van der Waals surface area (Å²) in [6, 6.07) is 15.3. The molecule has 0 bridgehead atoms. The lowest BCUT2D eigenvalue weighted by Crippen LogP contribution is -2.45. The van der Waals surface area contributed by atoms with Gasteiger partial charge >= 0.3 is 12.5 Å². The third kappa shape index (κ3) is 5.43. The molecule has 1 fully saturated rings. The quantitative estimate of drug-likeness (QED) is 0.424. The van der Waals surface area contributed by atoms with Crippen LogP contribution in [0.5, 0.6) is 0 Å². The summed E-state index contributed by atoms with van der Waals surface area (Å²) >= 11 is 0. The fraction of sp³-hybridized carbons (Fsp3) is 0.423. The van der Waals surface area contributed by atoms with E-state index >= 15 is 0 Å². The van der Waals surface area contributed by atoms with E-state index in [9.17, 15) is 13.6 Å². The lowest BCUT2D eigenvalue weighted by Gasteiger charge is -2.33. The molecule has 180 valence electrons. The SMILES string of the molecule is CC(C)(C)c1ccc(N(Cc2ccc(-c3nnc(C(F)F)o3)cc2)C(=O)N2CCCCC2)cc1. The first-order valence-corrected chi connectivity index (χ1v) is 11.6. The van der Waals surface area contributed by atoms with Gasteiger partial charge in [0, 0.05) is 24.3 Å². The number of halogens is 2. The van der Waals surface area contributed by atoms with Crippen molar-refractivity contribution >= 4 is 11.7 Å². The number of carbonyl (C=O) groups excluding carboxylic acids is 1. The minimum absolute atomic E-state index is 0.00855. The second-order valence-corrected chi connectivity index (χ2v) is 9.66. The van der Waals surface area contributed by atoms with Crippen LogP contribution in [0.4, 0.5) is 19.3 Å². The van der Waals surface area contributed by atoms with Crippen LogP contribution < -0.4 is 4.90 Å². The van der Waals surface area contributed by atoms with Gasteiger partial charge in [0.1, 0.15) is 0 Å². The van der Waals surface area contributed by atoms with Gasteiger partial charge in [-0.05, 0) is 60.1 Å². The molecule has 1 aliphatic rings. The molecule has 0 unspecified atom stereocenters. The predicted octanol–water partition coefficient (Wildman–Crippen LogP) is 6.58. The van der Waals surface area contributed by atoms with Crippen LogP contribution in [-0.4, -0.2) is 34.2 Å². The van der Waals surface area contributed by atoms with Gasteiger partial charge in [-0.3, -0.25) is 4.90 Å². The number of likely N-dealkylation sites (tertiary alicyclic amines) is 1. The molecule has 3 aromatic rings. The Morgan fingerprint density at radius 3 is 2.21 bits per heavy atom. The number of benzene rings is 2. The smallest absolute Gasteiger partial charge is 0.324 e. The highest BCUT2D eigenvalue weighted by Gasteiger charge is 2.25. The van der Waals surface area contributed by atoms with Crippen LogP contribution in [0.2, 0.25) is 0 Å². The standard InChI is InChI=1S/C26H30F2N4O2/c1-26(2,3)20-11-13-21(14-12-20)32(25(33)31-15-5-4-6-16-31)17-18-7-9-19(10-8-18)23-29-30-24(34-23)22(27)28/h7-14,22H,4-6,15-17H2,1-3H3. The number of nitrogens with zero attached hydrogens (tertiary/aromatic N) is 4. The Balaban J connectivity index is 1.58. The van der Waals surface area contributed by atoms with E-state index in [-0.39, 0.29) is 17.3 Å². The number of aromatic nitrogens is 2. The van der Waals surface area contributed by atoms with E-state index in [0.29, 0.717) is 12.1 Å². The Labute approximate surface area is 198 Å². The van der Waals surface area contributed by atoms with Crippen molar-refractivity contribution in [2.75, 3.05) is 18.0 Å². The number of anilines is 1. The topological polar surface area (TPSA) is 62.5 Å². The molecule has 1 aromatic heterocycles. The molecule has 8 heteroatoms. The Morgan fingerprint density at radius 1 is 1.00 bits per heavy atom. The summed E-state index contributed by atoms with van der Waals surface area (Å²) in [7, 11) is 0. The first-order chi connectivity index (χ1) is 16.2. The van der Waals surface area contributed by atoms with Gasteiger partial charge in [-0.1, -0.05) is 45.0 Å². The molecule has 1 saturated heterocycles. The van der Waals surface area contributed by atoms with E-state index in [1.165, 1.54) is 5.56 Å². The first kappa shape index (κ1) is 23.9. The molecule has 0 radical (unpaired) electrons. The van der Waals surface area contributed by atoms with E-state index in [0.717, 1.165) is 43.6 Å². The largest absolute Gasteiger partial charge is 0.415 e. The monoisotopic (exact) mass is 468 g/mol. The molecule has 0 atom stereocenters. The van der Waals surface area contributed by atoms with Gasteiger partial charge in [-0.25, -0.2) is 4.79 Å². The zero-order valence-electron chi connectivity index (χ0n) is 19.8. The first-order valence-electron chi connectivity index (χ1n) is 11.6. The highest BCUT2D eigenvalue weighted by Crippen LogP contribution is 2.28. The zero-order valence-corrected chi connectivity index (χ0v) is 19.8. The van der Waals surface area contributed by atoms with Gasteiger partial charge in [0.25, 0.3) is 5.89 Å². The maximum Gasteiger partial charge on any atom is 0.324 e. The fourth-order valence-electron chi connectivity index (χ4n) is 4.04. The Morgan fingerprint density at radius 2 is 1.65 bits per heavy atom. The number of alkyl halides is 2. The van der Waals surface area contributed by atoms with Crippen molar-refractivity contribution in [3.05, 3.63) is 65.5 Å². The van der Waals surface area contributed by atoms with E-state index in [1.807, 2.05) is 29.2 Å². The van der Waals surface area contributed by atoms with Crippen molar-refractivity contribution in [1.29, 1.82) is 0 Å². The van der Waals surface area contributed by atoms with Crippen LogP contribution in [0.15, 0.2) is 52.9 Å². The molecule has 6 nitrogen and oxygen atoms in total. The van der Waals surface area contributed by atoms with Crippen molar-refractivity contribution in [3.63, 3.8) is 0 Å². The summed E-state index contributed by atoms with van der Waals surface area (Å²) in [6.07, 6.45) is 0.373. The van der Waals surface area contributed by atoms with Gasteiger partial charge in [0.15, 0.2) is 0 Å². The summed E-state index contributed by atoms with van der Waals surface area (Å²) in [4.78, 5) is 17.2. The average molecular weight is 469 g/mol. The number of piperidine rings is 1. The van der Waals surface area contributed by atoms with Crippen LogP contribution in [-0.2, 0) is 12.0 Å². The van der Waals surface area contributed by atoms with Crippen molar-refractivity contribution in [2.24, 2.45) is 0 Å². The van der Waals surface area contributed by atoms with E-state index in [1.54, 1.807) is 17.0 Å². The second-order valence-electron chi connectivity index (χ2n) is 9.66. The van der Waals surface area contributed by atoms with Gasteiger partial charge in [0.2, 0.25) is 5.89 Å². The Hall–Kier alpha value is -3.29. The Kier molecular flexibility index (Phi) is 6.95. The molecule has 1 aliphatic heterocycles. The minimum Gasteiger partial charge on any atom is -0.415 e. The molecular formula is C26H30F2N4O2. The third-order valence-electron chi connectivity index (χ3n) is 6.07. The third-order valence-corrected chi connectivity index (χ3v) is 6.07. The average Bonchev–Trinajstić information content (AvgIpc) is 3.33. The summed E-state index contributed by atoms with van der Waals surface area (Å²) in [5.41, 5.74) is 3.52. The maximum atomic E-state index is 13.5. The van der Waals surface area contributed by atoms with Gasteiger partial charge < -0.3 is 9.32 Å². The summed E-state index contributed by atoms with van der Waals surface area (Å²) in [5, 5.41) is 7.07. The summed E-state index contributed by atoms with van der Waals surface area (Å²) in [6.45, 7) is 8.39. The number of hydrogen-bond acceptors (Lipinski definition) is 4. The highest BCUT2D eigenvalue weighted by atomic mass is 19.3. The lowest BCUT2D eigenvalue weighted by molar-refractivity contribution is 0.116. The number of carbonyl (C=O) groups is 1. The van der Waals surface area contributed by atoms with Gasteiger partial charge in [0.05, 0.1) is 6.54 Å². The molecule has 0 spiro atoms. The van der Waals surface area contributed by atoms with Gasteiger partial charge in [-0.15, -0.1) is 10.2 Å². The van der Waals surface area contributed by atoms with Crippen LogP contribution >= 0.6 is 0 Å². The number of rotatable bonds is 5. The van der Waals surface area contributed by atoms with Crippen molar-refractivity contribution in [2.45, 2.75) is 58.4 Å². The number of hydrogen-bond donors (Lipinski definition) is 0. The van der Waals surface area contributed by atoms with Crippen LogP contribution in [0.25, 0.3) is 11.5 Å². The molecule has 2 amide bonds. The van der Waals surface area contributed by atoms with Crippen LogP contribution in [0.1, 0.15) is 63.5 Å². The molecule has 0 N–H and O–H groups in total. The van der Waals surface area contributed by atoms with Crippen molar-refractivity contribution in [1.82, 2.24) is 15.1 Å². The van der Waals surface area contributed by atoms with Gasteiger partial charge in [-0.2, -0.15) is 8.78 Å². The fourth-order valence-corrected chi connectivity index (χ4v) is 4.04. The molecule has 2 aromatic carbocycles. The molecule has 34 heavy (non-hydrogen) atoms. The summed E-state index contributed by atoms with van der Waals surface area (Å²) in [5.74, 6) is -0.656. The predicted molar refractivity (Wildman–Crippen MR) is 127 cm³/mol. The zero-order chi connectivity index (χ0) is 24.3. The number of urea groups is 1. The molecule has 4 rings (SSSR count). The van der Waals surface area contributed by atoms with E-state index in [2.05, 4.69) is 43.1 Å². The van der Waals surface area contributed by atoms with Crippen LogP contribution in [0.3, 0.4) is 0 Å². The van der Waals surface area contributed by atoms with E-state index < -0.39 is 12.3 Å². The maximum absolute atomic E-state index is 13.5. The van der Waals surface area contributed by atoms with E-state index in [4.69, 9.17) is 4.42 Å². The normalized spacial score (nSPS) is 14.5. The molecule has 2 heterocycles. The van der Waals surface area contributed by atoms with Crippen molar-refractivity contribution in [3.8, 4) is 11.5 Å². The molecular weight excluding hydrogens is 438 g/mol. The second kappa shape index (κ2) is 9.91. The highest BCUT2D eigenvalue weighted by molar-refractivity contribution is 5.92. The van der Waals surface area contributed by atoms with Crippen LogP contribution in [0, 0.1) is 0 Å². The molecule has 0 saturated carbocycles.